The molecule has 0 aliphatic rings. The molecule has 0 heterocycles. The number of ether oxygens (including phenoxy) is 2. The van der Waals surface area contributed by atoms with Crippen molar-refractivity contribution in [3.8, 4) is 0 Å². The van der Waals surface area contributed by atoms with Crippen LogP contribution in [0.2, 0.25) is 0 Å². The normalized spacial score (nSPS) is 14.1. The zero-order chi connectivity index (χ0) is 59.8. The number of carbonyl (C=O) groups is 2. The lowest BCUT2D eigenvalue weighted by molar-refractivity contribution is -0.870. The summed E-state index contributed by atoms with van der Waals surface area (Å²) in [5, 5.41) is 0. The fourth-order valence-electron chi connectivity index (χ4n) is 8.69. The molecule has 0 amide bonds. The van der Waals surface area contributed by atoms with Gasteiger partial charge in [-0.25, -0.2) is 4.57 Å². The highest BCUT2D eigenvalue weighted by atomic mass is 31.2. The van der Waals surface area contributed by atoms with Gasteiger partial charge in [0.25, 0.3) is 0 Å². The number of esters is 2. The van der Waals surface area contributed by atoms with Crippen molar-refractivity contribution in [3.05, 3.63) is 134 Å². The van der Waals surface area contributed by atoms with Crippen LogP contribution in [0.5, 0.6) is 0 Å². The molecule has 2 unspecified atom stereocenters. The Hall–Kier alpha value is -3.85. The molecule has 1 N–H and O–H groups in total. The predicted molar refractivity (Wildman–Crippen MR) is 353 cm³/mol. The van der Waals surface area contributed by atoms with Gasteiger partial charge in [0.1, 0.15) is 19.8 Å². The molecule has 0 saturated carbocycles. The highest BCUT2D eigenvalue weighted by Gasteiger charge is 2.27. The highest BCUT2D eigenvalue weighted by Crippen LogP contribution is 2.43. The number of hydrogen-bond acceptors (Lipinski definition) is 7. The SMILES string of the molecule is CC/C=C\C/C=C\C/C=C\C/C=C\C/C=C\C/C=C\C/C=C\CCCCCCCCCCCCCC(=O)OC(COC(=O)CCCCCCCCCCCCCC/C=C\C/C=C\C/C=C\C/C=C\CC)COP(=O)(O)OCC[N+](C)(C)C. The second-order valence-electron chi connectivity index (χ2n) is 22.7. The third-order valence-corrected chi connectivity index (χ3v) is 14.7. The van der Waals surface area contributed by atoms with Crippen molar-refractivity contribution in [1.82, 2.24) is 0 Å². The Morgan fingerprint density at radius 1 is 0.378 bits per heavy atom. The number of hydrogen-bond donors (Lipinski definition) is 1. The monoisotopic (exact) mass is 1160 g/mol. The molecule has 0 spiro atoms. The molecule has 0 radical (unpaired) electrons. The van der Waals surface area contributed by atoms with Crippen LogP contribution in [0.1, 0.15) is 258 Å². The van der Waals surface area contributed by atoms with E-state index >= 15 is 0 Å². The largest absolute Gasteiger partial charge is 0.472 e. The lowest BCUT2D eigenvalue weighted by Crippen LogP contribution is -2.37. The smallest absolute Gasteiger partial charge is 0.462 e. The Morgan fingerprint density at radius 3 is 0.976 bits per heavy atom. The summed E-state index contributed by atoms with van der Waals surface area (Å²) in [5.74, 6) is -0.806. The van der Waals surface area contributed by atoms with Crippen LogP contribution in [0.4, 0.5) is 0 Å². The summed E-state index contributed by atoms with van der Waals surface area (Å²) in [5.41, 5.74) is 0. The average molecular weight is 1160 g/mol. The summed E-state index contributed by atoms with van der Waals surface area (Å²) in [6, 6.07) is 0. The summed E-state index contributed by atoms with van der Waals surface area (Å²) in [6.45, 7) is 4.21. The van der Waals surface area contributed by atoms with Gasteiger partial charge in [-0.3, -0.25) is 18.6 Å². The highest BCUT2D eigenvalue weighted by molar-refractivity contribution is 7.47. The molecular weight excluding hydrogens is 1040 g/mol. The van der Waals surface area contributed by atoms with Crippen molar-refractivity contribution in [1.29, 1.82) is 0 Å². The van der Waals surface area contributed by atoms with E-state index in [4.69, 9.17) is 18.5 Å². The Morgan fingerprint density at radius 2 is 0.659 bits per heavy atom. The molecule has 0 saturated heterocycles. The van der Waals surface area contributed by atoms with E-state index in [1.54, 1.807) is 0 Å². The second kappa shape index (κ2) is 61.7. The Balaban J connectivity index is 4.13. The number of rotatable bonds is 59. The van der Waals surface area contributed by atoms with Crippen LogP contribution >= 0.6 is 7.82 Å². The third-order valence-electron chi connectivity index (χ3n) is 13.7. The molecule has 0 aromatic carbocycles. The number of nitrogens with zero attached hydrogens (tertiary/aromatic N) is 1. The number of unbranched alkanes of at least 4 members (excludes halogenated alkanes) is 23. The Labute approximate surface area is 504 Å². The third kappa shape index (κ3) is 65.3. The van der Waals surface area contributed by atoms with Gasteiger partial charge >= 0.3 is 19.8 Å². The van der Waals surface area contributed by atoms with Gasteiger partial charge in [0, 0.05) is 12.8 Å². The molecule has 10 heteroatoms. The van der Waals surface area contributed by atoms with Crippen LogP contribution < -0.4 is 0 Å². The van der Waals surface area contributed by atoms with E-state index in [9.17, 15) is 19.0 Å². The maximum absolute atomic E-state index is 12.9. The Bertz CT molecular complexity index is 1850. The summed E-state index contributed by atoms with van der Waals surface area (Å²) in [6.07, 6.45) is 89.6. The van der Waals surface area contributed by atoms with Crippen LogP contribution in [0.25, 0.3) is 0 Å². The summed E-state index contributed by atoms with van der Waals surface area (Å²) in [4.78, 5) is 35.8. The van der Waals surface area contributed by atoms with Crippen molar-refractivity contribution >= 4 is 19.8 Å². The van der Waals surface area contributed by atoms with Gasteiger partial charge in [0.05, 0.1) is 27.7 Å². The number of phosphoric acid groups is 1. The number of carbonyl (C=O) groups excluding carboxylic acids is 2. The van der Waals surface area contributed by atoms with E-state index in [0.717, 1.165) is 116 Å². The number of phosphoric ester groups is 1. The molecule has 9 nitrogen and oxygen atoms in total. The molecule has 0 aromatic heterocycles. The van der Waals surface area contributed by atoms with E-state index < -0.39 is 26.5 Å². The molecule has 468 valence electrons. The molecule has 0 aliphatic carbocycles. The molecule has 2 atom stereocenters. The first kappa shape index (κ1) is 78.1. The van der Waals surface area contributed by atoms with Crippen molar-refractivity contribution in [2.24, 2.45) is 0 Å². The molecule has 0 fully saturated rings. The second-order valence-corrected chi connectivity index (χ2v) is 24.2. The van der Waals surface area contributed by atoms with E-state index in [1.807, 2.05) is 21.1 Å². The lowest BCUT2D eigenvalue weighted by Gasteiger charge is -2.24. The maximum Gasteiger partial charge on any atom is 0.472 e. The van der Waals surface area contributed by atoms with Gasteiger partial charge in [-0.2, -0.15) is 0 Å². The van der Waals surface area contributed by atoms with Crippen LogP contribution in [-0.4, -0.2) is 74.9 Å². The summed E-state index contributed by atoms with van der Waals surface area (Å²) in [7, 11) is 1.46. The number of allylic oxidation sites excluding steroid dienone is 22. The average Bonchev–Trinajstić information content (AvgIpc) is 3.46. The summed E-state index contributed by atoms with van der Waals surface area (Å²) >= 11 is 0. The fourth-order valence-corrected chi connectivity index (χ4v) is 9.44. The van der Waals surface area contributed by atoms with Gasteiger partial charge in [-0.15, -0.1) is 0 Å². The van der Waals surface area contributed by atoms with Crippen molar-refractivity contribution < 1.29 is 42.1 Å². The van der Waals surface area contributed by atoms with Gasteiger partial charge in [0.15, 0.2) is 6.10 Å². The first-order chi connectivity index (χ1) is 40.0. The van der Waals surface area contributed by atoms with E-state index in [1.165, 1.54) is 109 Å². The van der Waals surface area contributed by atoms with Crippen LogP contribution in [0.3, 0.4) is 0 Å². The minimum Gasteiger partial charge on any atom is -0.462 e. The van der Waals surface area contributed by atoms with Crippen molar-refractivity contribution in [3.63, 3.8) is 0 Å². The molecular formula is C72H123NO8P+. The Kier molecular flexibility index (Phi) is 58.8. The van der Waals surface area contributed by atoms with Gasteiger partial charge in [-0.1, -0.05) is 270 Å². The molecule has 0 rings (SSSR count). The molecule has 0 aromatic rings. The van der Waals surface area contributed by atoms with Gasteiger partial charge in [-0.05, 0) is 109 Å². The minimum absolute atomic E-state index is 0.0249. The first-order valence-corrected chi connectivity index (χ1v) is 34.4. The van der Waals surface area contributed by atoms with Crippen LogP contribution in [-0.2, 0) is 32.7 Å². The number of likely N-dealkylation sites (N-methyl/N-ethyl adjacent to an activating group) is 1. The van der Waals surface area contributed by atoms with Gasteiger partial charge in [0.2, 0.25) is 0 Å². The zero-order valence-corrected chi connectivity index (χ0v) is 54.1. The van der Waals surface area contributed by atoms with E-state index in [2.05, 4.69) is 148 Å². The maximum atomic E-state index is 12.9. The van der Waals surface area contributed by atoms with Crippen LogP contribution in [0.15, 0.2) is 134 Å². The topological polar surface area (TPSA) is 108 Å². The standard InChI is InChI=1S/C72H122NO8P/c1-6-8-10-12-14-16-18-20-22-24-26-28-30-32-33-34-35-36-37-38-39-41-43-45-47-49-51-53-55-57-59-61-63-65-72(75)81-70(69-80-82(76,77)79-67-66-73(3,4)5)68-78-71(74)64-62-60-58-56-54-52-50-48-46-44-42-40-31-29-27-25-23-21-19-17-15-13-11-9-7-2/h8-11,14-17,20-23,26-29,32-33,35-36,38-39,70H,6-7,12-13,18-19,24-25,30-31,34,37,40-69H2,1-5H3/p+1/b10-8-,11-9-,16-14-,17-15-,22-20-,23-21-,28-26-,29-27-,33-32-,36-35-,39-38-. The zero-order valence-electron chi connectivity index (χ0n) is 53.2. The van der Waals surface area contributed by atoms with E-state index in [0.29, 0.717) is 17.4 Å². The quantitative estimate of drug-likeness (QED) is 0.0211. The lowest BCUT2D eigenvalue weighted by atomic mass is 10.0. The minimum atomic E-state index is -4.40. The van der Waals surface area contributed by atoms with Crippen molar-refractivity contribution in [2.45, 2.75) is 264 Å². The molecule has 0 aliphatic heterocycles. The first-order valence-electron chi connectivity index (χ1n) is 32.9. The van der Waals surface area contributed by atoms with Crippen molar-refractivity contribution in [2.75, 3.05) is 47.5 Å². The number of quaternary nitrogens is 1. The van der Waals surface area contributed by atoms with E-state index in [-0.39, 0.29) is 32.0 Å². The fraction of sp³-hybridized carbons (Fsp3) is 0.667. The van der Waals surface area contributed by atoms with Crippen LogP contribution in [0, 0.1) is 0 Å². The van der Waals surface area contributed by atoms with Gasteiger partial charge < -0.3 is 18.9 Å². The molecule has 82 heavy (non-hydrogen) atoms. The predicted octanol–water partition coefficient (Wildman–Crippen LogP) is 21.3. The summed E-state index contributed by atoms with van der Waals surface area (Å²) < 4.78 is 34.7. The molecule has 0 bridgehead atoms.